The Morgan fingerprint density at radius 1 is 0.619 bits per heavy atom. The van der Waals surface area contributed by atoms with Crippen molar-refractivity contribution in [1.82, 2.24) is 9.97 Å². The standard InChI is InChI=1S/C13H11N3.C13H7N.3ClH.5H2O.O.3Sb.2H/c14-10-3-1-8-5-9-2-4-11(15)7-13(9)16-12(8)6-10;1-3-7-12-10(5-1)9-11-6-2-4-8-13(11)14-12;;;;;;;;;;;;;;/h1-7H,14-15H2;1-2,5-9H;3*1H;5*1H2;;;;;;/q;;;;;;;;;;;;+2;+3;;/p-5. The van der Waals surface area contributed by atoms with Gasteiger partial charge in [-0.3, -0.25) is 0 Å². The van der Waals surface area contributed by atoms with Crippen LogP contribution in [0.4, 0.5) is 11.4 Å². The van der Waals surface area contributed by atoms with Gasteiger partial charge < -0.3 is 27.9 Å². The molecular formula is C26H28Cl3N4O6Sb3. The Hall–Kier alpha value is -1.26. The molecule has 0 atom stereocenters. The fraction of sp³-hybridized carbons (Fsp3) is 0. The van der Waals surface area contributed by atoms with Crippen LogP contribution in [0.25, 0.3) is 43.6 Å². The fourth-order valence-electron chi connectivity index (χ4n) is 3.87. The molecule has 0 amide bonds. The van der Waals surface area contributed by atoms with Crippen molar-refractivity contribution in [3.63, 3.8) is 0 Å². The van der Waals surface area contributed by atoms with Crippen LogP contribution in [0.15, 0.2) is 84.9 Å². The maximum absolute atomic E-state index is 11.4. The minimum absolute atomic E-state index is 0. The summed E-state index contributed by atoms with van der Waals surface area (Å²) < 4.78 is 31.3. The molecule has 12 N–H and O–H groups in total. The van der Waals surface area contributed by atoms with Gasteiger partial charge in [0.15, 0.2) is 0 Å². The average molecular weight is 964 g/mol. The van der Waals surface area contributed by atoms with Crippen LogP contribution >= 0.6 is 26.5 Å². The number of aromatic nitrogens is 2. The molecule has 0 radical (unpaired) electrons. The molecule has 6 rings (SSSR count). The summed E-state index contributed by atoms with van der Waals surface area (Å²) in [5.74, 6) is 0. The summed E-state index contributed by atoms with van der Waals surface area (Å²) in [6.07, 6.45) is 0. The third-order valence-corrected chi connectivity index (χ3v) is 9.36. The van der Waals surface area contributed by atoms with Crippen molar-refractivity contribution in [3.05, 3.63) is 84.9 Å². The molecule has 2 aromatic heterocycles. The molecule has 4 aromatic carbocycles. The predicted molar refractivity (Wildman–Crippen MR) is 180 cm³/mol. The van der Waals surface area contributed by atoms with Gasteiger partial charge in [-0.1, -0.05) is 12.1 Å². The van der Waals surface area contributed by atoms with Crippen LogP contribution < -0.4 is 18.5 Å². The first-order valence-electron chi connectivity index (χ1n) is 11.2. The van der Waals surface area contributed by atoms with Gasteiger partial charge in [0.2, 0.25) is 0 Å². The van der Waals surface area contributed by atoms with Crippen molar-refractivity contribution in [2.24, 2.45) is 0 Å². The molecule has 2 heterocycles. The summed E-state index contributed by atoms with van der Waals surface area (Å²) in [5.41, 5.74) is 16.2. The molecule has 224 valence electrons. The zero-order valence-corrected chi connectivity index (χ0v) is 32.2. The summed E-state index contributed by atoms with van der Waals surface area (Å²) in [6, 6.07) is 26.4. The van der Waals surface area contributed by atoms with Crippen LogP contribution in [-0.2, 0) is 3.02 Å². The number of pyridine rings is 2. The Labute approximate surface area is 277 Å². The summed E-state index contributed by atoms with van der Waals surface area (Å²) in [4.78, 5) is 9.04. The van der Waals surface area contributed by atoms with Gasteiger partial charge in [-0.15, -0.1) is 0 Å². The normalized spacial score (nSPS) is 10.5. The van der Waals surface area contributed by atoms with E-state index in [0.29, 0.717) is 5.52 Å². The first kappa shape index (κ1) is 38.8. The Morgan fingerprint density at radius 2 is 0.976 bits per heavy atom. The minimum atomic E-state index is -5.14. The van der Waals surface area contributed by atoms with Crippen LogP contribution in [0.1, 0.15) is 0 Å². The number of halogens is 3. The van der Waals surface area contributed by atoms with E-state index in [0.717, 1.165) is 72.5 Å². The molecule has 0 aliphatic carbocycles. The number of anilines is 2. The zero-order chi connectivity index (χ0) is 28.3. The number of nitrogen functional groups attached to an aromatic ring is 2. The van der Waals surface area contributed by atoms with Gasteiger partial charge in [0, 0.05) is 22.1 Å². The molecule has 0 fully saturated rings. The van der Waals surface area contributed by atoms with Crippen molar-refractivity contribution in [3.8, 4) is 0 Å². The first-order chi connectivity index (χ1) is 18.4. The van der Waals surface area contributed by atoms with E-state index in [1.807, 2.05) is 54.6 Å². The van der Waals surface area contributed by atoms with Crippen LogP contribution in [0, 0.1) is 0 Å². The molecule has 0 aliphatic rings. The number of nitrogens with two attached hydrogens (primary N) is 2. The van der Waals surface area contributed by atoms with E-state index in [1.54, 1.807) is 6.07 Å². The van der Waals surface area contributed by atoms with Gasteiger partial charge in [-0.05, 0) is 30.3 Å². The zero-order valence-electron chi connectivity index (χ0n) is 21.5. The quantitative estimate of drug-likeness (QED) is 0.106. The second-order valence-corrected chi connectivity index (χ2v) is 26.3. The number of fused-ring (bicyclic) bond motifs is 4. The topological polar surface area (TPSA) is 230 Å². The number of benzene rings is 4. The number of hydrogen-bond donors (Lipinski definition) is 4. The third kappa shape index (κ3) is 10.4. The molecule has 16 heteroatoms. The molecule has 0 saturated carbocycles. The SMILES string of the molecule is Nc1ccc2cc3ccc(N)cc3nc2c1.O.O.O.[Cl][Sb]([Cl])[Cl].[O]=[Sb]([OH])([OH])[c]1ccc2cc3cc[c]([SbH2])cc3nc2c1. The average Bonchev–Trinajstić information content (AvgIpc) is 2.85. The van der Waals surface area contributed by atoms with Gasteiger partial charge in [-0.2, -0.15) is 0 Å². The van der Waals surface area contributed by atoms with Crippen molar-refractivity contribution in [2.75, 3.05) is 11.5 Å². The van der Waals surface area contributed by atoms with Crippen molar-refractivity contribution >= 4 is 148 Å². The van der Waals surface area contributed by atoms with E-state index in [9.17, 15) is 9.79 Å². The van der Waals surface area contributed by atoms with Gasteiger partial charge in [-0.25, -0.2) is 4.98 Å². The van der Waals surface area contributed by atoms with Gasteiger partial charge in [0.1, 0.15) is 0 Å². The summed E-state index contributed by atoms with van der Waals surface area (Å²) in [5, 5.41) is 4.12. The van der Waals surface area contributed by atoms with E-state index in [2.05, 4.69) is 22.1 Å². The van der Waals surface area contributed by atoms with Gasteiger partial charge >= 0.3 is 172 Å². The molecule has 0 aliphatic heterocycles. The second kappa shape index (κ2) is 16.7. The van der Waals surface area contributed by atoms with E-state index >= 15 is 0 Å². The van der Waals surface area contributed by atoms with Crippen molar-refractivity contribution in [1.29, 1.82) is 0 Å². The van der Waals surface area contributed by atoms with Crippen LogP contribution in [0.5, 0.6) is 0 Å². The molecule has 10 nitrogen and oxygen atoms in total. The maximum atomic E-state index is 11.4. The van der Waals surface area contributed by atoms with Crippen LogP contribution in [-0.4, -0.2) is 92.6 Å². The number of rotatable bonds is 1. The molecule has 0 unspecified atom stereocenters. The summed E-state index contributed by atoms with van der Waals surface area (Å²) in [7, 11) is 15.0. The fourth-order valence-corrected chi connectivity index (χ4v) is 6.19. The molecule has 6 aromatic rings. The second-order valence-electron chi connectivity index (χ2n) is 8.45. The Balaban J connectivity index is 0.000000354. The van der Waals surface area contributed by atoms with Crippen molar-refractivity contribution < 1.29 is 26.2 Å². The molecule has 42 heavy (non-hydrogen) atoms. The van der Waals surface area contributed by atoms with Crippen LogP contribution in [0.3, 0.4) is 0 Å². The van der Waals surface area contributed by atoms with Gasteiger partial charge in [0.25, 0.3) is 0 Å². The van der Waals surface area contributed by atoms with E-state index in [1.165, 1.54) is 15.6 Å². The summed E-state index contributed by atoms with van der Waals surface area (Å²) >= 11 is -6.16. The molecular weight excluding hydrogens is 936 g/mol. The number of nitrogens with zero attached hydrogens (tertiary/aromatic N) is 2. The third-order valence-electron chi connectivity index (χ3n) is 5.62. The molecule has 0 saturated heterocycles. The molecule has 0 bridgehead atoms. The van der Waals surface area contributed by atoms with E-state index in [4.69, 9.17) is 38.0 Å². The predicted octanol–water partition coefficient (Wildman–Crippen LogP) is 0.973. The van der Waals surface area contributed by atoms with Crippen LogP contribution in [0.2, 0.25) is 0 Å². The van der Waals surface area contributed by atoms with E-state index in [-0.39, 0.29) is 19.9 Å². The van der Waals surface area contributed by atoms with Gasteiger partial charge in [0.05, 0.1) is 11.0 Å². The van der Waals surface area contributed by atoms with E-state index < -0.39 is 36.4 Å². The Kier molecular flexibility index (Phi) is 15.4. The first-order valence-corrected chi connectivity index (χ1v) is 27.1. The molecule has 0 spiro atoms. The Morgan fingerprint density at radius 3 is 1.40 bits per heavy atom. The number of hydrogen-bond acceptors (Lipinski definition) is 5. The Bertz CT molecular complexity index is 1820. The monoisotopic (exact) mass is 960 g/mol. The van der Waals surface area contributed by atoms with Crippen molar-refractivity contribution in [2.45, 2.75) is 0 Å². The summed E-state index contributed by atoms with van der Waals surface area (Å²) in [6.45, 7) is 0.